The lowest BCUT2D eigenvalue weighted by atomic mass is 9.78. The number of benzene rings is 1. The first-order valence-electron chi connectivity index (χ1n) is 12.5. The maximum absolute atomic E-state index is 13.5. The number of anilines is 1. The minimum atomic E-state index is -0.347. The van der Waals surface area contributed by atoms with Crippen LogP contribution in [0.3, 0.4) is 0 Å². The molecule has 4 rings (SSSR count). The van der Waals surface area contributed by atoms with Gasteiger partial charge in [-0.05, 0) is 62.1 Å². The topological polar surface area (TPSA) is 81.4 Å². The predicted molar refractivity (Wildman–Crippen MR) is 127 cm³/mol. The van der Waals surface area contributed by atoms with E-state index in [1.54, 1.807) is 6.92 Å². The summed E-state index contributed by atoms with van der Waals surface area (Å²) in [5.74, 6) is 0.277. The number of nitrogens with one attached hydrogen (secondary N) is 1. The third-order valence-electron chi connectivity index (χ3n) is 7.38. The van der Waals surface area contributed by atoms with Crippen LogP contribution in [-0.2, 0) is 9.53 Å². The average Bonchev–Trinajstić information content (AvgIpc) is 3.25. The van der Waals surface area contributed by atoms with Crippen LogP contribution in [0.4, 0.5) is 5.69 Å². The summed E-state index contributed by atoms with van der Waals surface area (Å²) in [6.07, 6.45) is 11.6. The van der Waals surface area contributed by atoms with Crippen molar-refractivity contribution < 1.29 is 18.8 Å². The summed E-state index contributed by atoms with van der Waals surface area (Å²) < 4.78 is 10.4. The van der Waals surface area contributed by atoms with Crippen molar-refractivity contribution in [3.8, 4) is 0 Å². The highest BCUT2D eigenvalue weighted by atomic mass is 16.5. The van der Waals surface area contributed by atoms with E-state index in [4.69, 9.17) is 9.26 Å². The van der Waals surface area contributed by atoms with Crippen molar-refractivity contribution in [1.82, 2.24) is 5.16 Å². The maximum Gasteiger partial charge on any atom is 0.228 e. The molecule has 6 heteroatoms. The molecule has 1 aromatic heterocycles. The Kier molecular flexibility index (Phi) is 8.32. The van der Waals surface area contributed by atoms with Crippen LogP contribution in [0.5, 0.6) is 0 Å². The molecule has 1 aliphatic carbocycles. The van der Waals surface area contributed by atoms with Gasteiger partial charge >= 0.3 is 0 Å². The van der Waals surface area contributed by atoms with Crippen LogP contribution in [0, 0.1) is 18.8 Å². The SMILES string of the molecule is Cc1nocc1C(=O)CC(C(=O)Nc1ccc(C2CCOCC2)cc1)C1CCCCCCC1. The van der Waals surface area contributed by atoms with Crippen LogP contribution >= 0.6 is 0 Å². The summed E-state index contributed by atoms with van der Waals surface area (Å²) in [5, 5.41) is 6.96. The van der Waals surface area contributed by atoms with E-state index in [1.807, 2.05) is 12.1 Å². The van der Waals surface area contributed by atoms with Crippen molar-refractivity contribution in [3.05, 3.63) is 47.3 Å². The summed E-state index contributed by atoms with van der Waals surface area (Å²) in [7, 11) is 0. The molecule has 2 fully saturated rings. The van der Waals surface area contributed by atoms with Crippen LogP contribution in [0.15, 0.2) is 35.1 Å². The van der Waals surface area contributed by atoms with Gasteiger partial charge in [-0.3, -0.25) is 9.59 Å². The highest BCUT2D eigenvalue weighted by Gasteiger charge is 2.32. The van der Waals surface area contributed by atoms with Crippen molar-refractivity contribution in [1.29, 1.82) is 0 Å². The van der Waals surface area contributed by atoms with Crippen molar-refractivity contribution >= 4 is 17.4 Å². The first-order chi connectivity index (χ1) is 16.1. The molecule has 0 radical (unpaired) electrons. The quantitative estimate of drug-likeness (QED) is 0.516. The number of hydrogen-bond acceptors (Lipinski definition) is 5. The first-order valence-corrected chi connectivity index (χ1v) is 12.5. The molecule has 2 aliphatic rings. The molecule has 1 amide bonds. The summed E-state index contributed by atoms with van der Waals surface area (Å²) in [5.41, 5.74) is 3.16. The molecule has 1 aliphatic heterocycles. The number of Topliss-reactive ketones (excluding diaryl/α,β-unsaturated/α-hetero) is 1. The Morgan fingerprint density at radius 1 is 1.00 bits per heavy atom. The molecule has 0 spiro atoms. The van der Waals surface area contributed by atoms with Crippen molar-refractivity contribution in [2.24, 2.45) is 11.8 Å². The van der Waals surface area contributed by atoms with Crippen LogP contribution in [0.2, 0.25) is 0 Å². The van der Waals surface area contributed by atoms with E-state index in [9.17, 15) is 9.59 Å². The molecule has 178 valence electrons. The second kappa shape index (κ2) is 11.6. The fraction of sp³-hybridized carbons (Fsp3) is 0.593. The van der Waals surface area contributed by atoms with Crippen LogP contribution in [0.25, 0.3) is 0 Å². The largest absolute Gasteiger partial charge is 0.381 e. The predicted octanol–water partition coefficient (Wildman–Crippen LogP) is 6.07. The van der Waals surface area contributed by atoms with Gasteiger partial charge in [-0.25, -0.2) is 0 Å². The molecule has 6 nitrogen and oxygen atoms in total. The van der Waals surface area contributed by atoms with Gasteiger partial charge in [0.1, 0.15) is 6.26 Å². The van der Waals surface area contributed by atoms with Gasteiger partial charge in [-0.1, -0.05) is 49.4 Å². The monoisotopic (exact) mass is 452 g/mol. The summed E-state index contributed by atoms with van der Waals surface area (Å²) in [6.45, 7) is 3.39. The zero-order valence-electron chi connectivity index (χ0n) is 19.7. The fourth-order valence-corrected chi connectivity index (χ4v) is 5.34. The Bertz CT molecular complexity index is 906. The molecular weight excluding hydrogens is 416 g/mol. The number of ether oxygens (including phenoxy) is 1. The van der Waals surface area contributed by atoms with E-state index in [0.29, 0.717) is 17.2 Å². The lowest BCUT2D eigenvalue weighted by Gasteiger charge is -2.28. The van der Waals surface area contributed by atoms with E-state index in [0.717, 1.165) is 57.4 Å². The van der Waals surface area contributed by atoms with E-state index in [1.165, 1.54) is 31.1 Å². The fourth-order valence-electron chi connectivity index (χ4n) is 5.34. The van der Waals surface area contributed by atoms with Gasteiger partial charge in [-0.15, -0.1) is 0 Å². The van der Waals surface area contributed by atoms with Gasteiger partial charge in [0.05, 0.1) is 11.3 Å². The van der Waals surface area contributed by atoms with Gasteiger partial charge in [0, 0.05) is 31.2 Å². The van der Waals surface area contributed by atoms with Crippen LogP contribution in [-0.4, -0.2) is 30.1 Å². The Morgan fingerprint density at radius 3 is 2.30 bits per heavy atom. The highest BCUT2D eigenvalue weighted by molar-refractivity contribution is 6.01. The minimum Gasteiger partial charge on any atom is -0.381 e. The molecule has 1 saturated heterocycles. The number of rotatable bonds is 7. The number of aryl methyl sites for hydroxylation is 1. The highest BCUT2D eigenvalue weighted by Crippen LogP contribution is 2.33. The second-order valence-corrected chi connectivity index (χ2v) is 9.65. The van der Waals surface area contributed by atoms with E-state index in [-0.39, 0.29) is 29.9 Å². The van der Waals surface area contributed by atoms with Gasteiger partial charge in [0.25, 0.3) is 0 Å². The molecule has 2 heterocycles. The van der Waals surface area contributed by atoms with E-state index >= 15 is 0 Å². The number of nitrogens with zero attached hydrogens (tertiary/aromatic N) is 1. The summed E-state index contributed by atoms with van der Waals surface area (Å²) in [6, 6.07) is 8.21. The van der Waals surface area contributed by atoms with Crippen LogP contribution < -0.4 is 5.32 Å². The number of carbonyl (C=O) groups is 2. The van der Waals surface area contributed by atoms with Crippen molar-refractivity contribution in [3.63, 3.8) is 0 Å². The Labute approximate surface area is 196 Å². The first kappa shape index (κ1) is 23.7. The summed E-state index contributed by atoms with van der Waals surface area (Å²) in [4.78, 5) is 26.5. The lowest BCUT2D eigenvalue weighted by molar-refractivity contribution is -0.121. The molecule has 1 aromatic carbocycles. The standard InChI is InChI=1S/C27H36N2O4/c1-19-25(18-33-29-19)26(30)17-24(22-7-5-3-2-4-6-8-22)27(31)28-23-11-9-20(10-12-23)21-13-15-32-16-14-21/h9-12,18,21-22,24H,2-8,13-17H2,1H3,(H,28,31). The number of amides is 1. The third-order valence-corrected chi connectivity index (χ3v) is 7.38. The van der Waals surface area contributed by atoms with Crippen molar-refractivity contribution in [2.75, 3.05) is 18.5 Å². The maximum atomic E-state index is 13.5. The molecule has 33 heavy (non-hydrogen) atoms. The smallest absolute Gasteiger partial charge is 0.228 e. The molecule has 1 atom stereocenters. The zero-order valence-corrected chi connectivity index (χ0v) is 19.7. The molecule has 1 saturated carbocycles. The number of carbonyl (C=O) groups excluding carboxylic acids is 2. The molecular formula is C27H36N2O4. The molecule has 1 N–H and O–H groups in total. The van der Waals surface area contributed by atoms with Gasteiger partial charge < -0.3 is 14.6 Å². The average molecular weight is 453 g/mol. The number of ketones is 1. The third kappa shape index (κ3) is 6.32. The Morgan fingerprint density at radius 2 is 1.67 bits per heavy atom. The van der Waals surface area contributed by atoms with Gasteiger partial charge in [0.2, 0.25) is 5.91 Å². The molecule has 2 aromatic rings. The normalized spacial score (nSPS) is 19.4. The Hall–Kier alpha value is -2.47. The van der Waals surface area contributed by atoms with Gasteiger partial charge in [-0.2, -0.15) is 0 Å². The molecule has 0 bridgehead atoms. The summed E-state index contributed by atoms with van der Waals surface area (Å²) >= 11 is 0. The van der Waals surface area contributed by atoms with Crippen molar-refractivity contribution in [2.45, 2.75) is 77.0 Å². The molecule has 1 unspecified atom stereocenters. The zero-order chi connectivity index (χ0) is 23.0. The second-order valence-electron chi connectivity index (χ2n) is 9.65. The van der Waals surface area contributed by atoms with E-state index in [2.05, 4.69) is 22.6 Å². The Balaban J connectivity index is 1.47. The van der Waals surface area contributed by atoms with Crippen LogP contribution in [0.1, 0.15) is 91.7 Å². The van der Waals surface area contributed by atoms with Gasteiger partial charge in [0.15, 0.2) is 5.78 Å². The number of aromatic nitrogens is 1. The van der Waals surface area contributed by atoms with E-state index < -0.39 is 0 Å². The number of hydrogen-bond donors (Lipinski definition) is 1. The lowest BCUT2D eigenvalue weighted by Crippen LogP contribution is -2.32. The minimum absolute atomic E-state index is 0.0538.